The molecular weight excluding hydrogens is 274 g/mol. The first kappa shape index (κ1) is 14.9. The molecule has 1 aliphatic rings. The van der Waals surface area contributed by atoms with Crippen LogP contribution in [0, 0.1) is 13.8 Å². The van der Waals surface area contributed by atoms with Crippen LogP contribution in [0.15, 0.2) is 36.5 Å². The maximum Gasteiger partial charge on any atom is 0.192 e. The van der Waals surface area contributed by atoms with Crippen LogP contribution in [0.1, 0.15) is 21.6 Å². The Kier molecular flexibility index (Phi) is 4.29. The highest BCUT2D eigenvalue weighted by atomic mass is 16.1. The molecule has 1 aliphatic heterocycles. The summed E-state index contributed by atoms with van der Waals surface area (Å²) in [5.74, 6) is 0.171. The molecule has 1 aromatic heterocycles. The minimum Gasteiger partial charge on any atom is -0.369 e. The van der Waals surface area contributed by atoms with Gasteiger partial charge >= 0.3 is 0 Å². The maximum absolute atomic E-state index is 12.1. The van der Waals surface area contributed by atoms with Gasteiger partial charge in [-0.3, -0.25) is 9.69 Å². The second-order valence-corrected chi connectivity index (χ2v) is 5.99. The van der Waals surface area contributed by atoms with E-state index in [2.05, 4.69) is 46.8 Å². The standard InChI is InChI=1S/C18H23N3O/c1-14-5-3-7-17(15(14)2)21-11-9-20(10-12-21)13-18(22)16-6-4-8-19-16/h3-8,19H,9-13H2,1-2H3. The van der Waals surface area contributed by atoms with Crippen molar-refractivity contribution in [2.24, 2.45) is 0 Å². The van der Waals surface area contributed by atoms with Crippen molar-refractivity contribution in [1.82, 2.24) is 9.88 Å². The minimum atomic E-state index is 0.171. The Bertz CT molecular complexity index is 640. The van der Waals surface area contributed by atoms with Gasteiger partial charge in [-0.2, -0.15) is 0 Å². The highest BCUT2D eigenvalue weighted by Gasteiger charge is 2.21. The Morgan fingerprint density at radius 3 is 2.55 bits per heavy atom. The highest BCUT2D eigenvalue weighted by Crippen LogP contribution is 2.23. The van der Waals surface area contributed by atoms with E-state index in [1.54, 1.807) is 6.20 Å². The zero-order valence-corrected chi connectivity index (χ0v) is 13.3. The molecule has 0 atom stereocenters. The highest BCUT2D eigenvalue weighted by molar-refractivity contribution is 5.95. The first-order valence-electron chi connectivity index (χ1n) is 7.85. The van der Waals surface area contributed by atoms with Gasteiger partial charge in [-0.1, -0.05) is 12.1 Å². The van der Waals surface area contributed by atoms with Crippen LogP contribution in [0.4, 0.5) is 5.69 Å². The molecule has 1 saturated heterocycles. The summed E-state index contributed by atoms with van der Waals surface area (Å²) in [6, 6.07) is 10.2. The lowest BCUT2D eigenvalue weighted by molar-refractivity contribution is 0.0922. The van der Waals surface area contributed by atoms with Crippen molar-refractivity contribution in [2.45, 2.75) is 13.8 Å². The molecule has 1 aromatic carbocycles. The Balaban J connectivity index is 1.58. The third kappa shape index (κ3) is 3.07. The maximum atomic E-state index is 12.1. The molecule has 2 heterocycles. The molecule has 116 valence electrons. The lowest BCUT2D eigenvalue weighted by atomic mass is 10.1. The summed E-state index contributed by atoms with van der Waals surface area (Å²) in [6.07, 6.45) is 1.80. The summed E-state index contributed by atoms with van der Waals surface area (Å²) in [7, 11) is 0. The molecule has 3 rings (SSSR count). The Morgan fingerprint density at radius 2 is 1.86 bits per heavy atom. The van der Waals surface area contributed by atoms with Gasteiger partial charge in [-0.15, -0.1) is 0 Å². The number of nitrogens with zero attached hydrogens (tertiary/aromatic N) is 2. The van der Waals surface area contributed by atoms with Gasteiger partial charge < -0.3 is 9.88 Å². The van der Waals surface area contributed by atoms with Crippen molar-refractivity contribution in [1.29, 1.82) is 0 Å². The number of hydrogen-bond donors (Lipinski definition) is 1. The number of aromatic amines is 1. The van der Waals surface area contributed by atoms with Crippen molar-refractivity contribution < 1.29 is 4.79 Å². The van der Waals surface area contributed by atoms with Crippen molar-refractivity contribution in [3.05, 3.63) is 53.3 Å². The number of aromatic nitrogens is 1. The monoisotopic (exact) mass is 297 g/mol. The lowest BCUT2D eigenvalue weighted by Gasteiger charge is -2.36. The molecule has 0 unspecified atom stereocenters. The van der Waals surface area contributed by atoms with E-state index >= 15 is 0 Å². The molecule has 0 radical (unpaired) electrons. The van der Waals surface area contributed by atoms with Crippen molar-refractivity contribution in [3.8, 4) is 0 Å². The molecule has 0 aliphatic carbocycles. The van der Waals surface area contributed by atoms with Gasteiger partial charge in [0.25, 0.3) is 0 Å². The predicted octanol–water partition coefficient (Wildman–Crippen LogP) is 2.64. The molecule has 4 nitrogen and oxygen atoms in total. The van der Waals surface area contributed by atoms with Crippen LogP contribution in [0.25, 0.3) is 0 Å². The van der Waals surface area contributed by atoms with E-state index < -0.39 is 0 Å². The summed E-state index contributed by atoms with van der Waals surface area (Å²) in [6.45, 7) is 8.65. The molecule has 4 heteroatoms. The number of nitrogens with one attached hydrogen (secondary N) is 1. The van der Waals surface area contributed by atoms with Gasteiger partial charge in [0.1, 0.15) is 0 Å². The minimum absolute atomic E-state index is 0.171. The number of piperazine rings is 1. The molecule has 0 spiro atoms. The predicted molar refractivity (Wildman–Crippen MR) is 89.7 cm³/mol. The first-order valence-corrected chi connectivity index (χ1v) is 7.85. The molecule has 22 heavy (non-hydrogen) atoms. The fraction of sp³-hybridized carbons (Fsp3) is 0.389. The van der Waals surface area contributed by atoms with Crippen LogP contribution in [0.5, 0.6) is 0 Å². The van der Waals surface area contributed by atoms with Gasteiger partial charge in [0.2, 0.25) is 0 Å². The molecule has 0 bridgehead atoms. The van der Waals surface area contributed by atoms with E-state index in [1.807, 2.05) is 12.1 Å². The fourth-order valence-corrected chi connectivity index (χ4v) is 3.02. The zero-order valence-electron chi connectivity index (χ0n) is 13.3. The average molecular weight is 297 g/mol. The van der Waals surface area contributed by atoms with E-state index in [4.69, 9.17) is 0 Å². The quantitative estimate of drug-likeness (QED) is 0.882. The Labute approximate surface area is 131 Å². The molecule has 0 saturated carbocycles. The van der Waals surface area contributed by atoms with Crippen molar-refractivity contribution in [2.75, 3.05) is 37.6 Å². The summed E-state index contributed by atoms with van der Waals surface area (Å²) >= 11 is 0. The largest absolute Gasteiger partial charge is 0.369 e. The second-order valence-electron chi connectivity index (χ2n) is 5.99. The summed E-state index contributed by atoms with van der Waals surface area (Å²) < 4.78 is 0. The van der Waals surface area contributed by atoms with Gasteiger partial charge in [0.05, 0.1) is 12.2 Å². The fourth-order valence-electron chi connectivity index (χ4n) is 3.02. The van der Waals surface area contributed by atoms with Gasteiger partial charge in [-0.05, 0) is 43.2 Å². The molecular formula is C18H23N3O. The summed E-state index contributed by atoms with van der Waals surface area (Å²) in [4.78, 5) is 19.8. The number of H-pyrrole nitrogens is 1. The topological polar surface area (TPSA) is 39.3 Å². The van der Waals surface area contributed by atoms with Crippen LogP contribution in [-0.2, 0) is 0 Å². The normalized spacial score (nSPS) is 16.0. The van der Waals surface area contributed by atoms with Gasteiger partial charge in [0, 0.05) is 38.1 Å². The number of ketones is 1. The summed E-state index contributed by atoms with van der Waals surface area (Å²) in [5, 5.41) is 0. The Hall–Kier alpha value is -2.07. The summed E-state index contributed by atoms with van der Waals surface area (Å²) in [5.41, 5.74) is 4.73. The van der Waals surface area contributed by atoms with Crippen LogP contribution < -0.4 is 4.90 Å². The first-order chi connectivity index (χ1) is 10.6. The van der Waals surface area contributed by atoms with E-state index in [0.717, 1.165) is 26.2 Å². The van der Waals surface area contributed by atoms with E-state index in [-0.39, 0.29) is 5.78 Å². The van der Waals surface area contributed by atoms with Gasteiger partial charge in [-0.25, -0.2) is 0 Å². The third-order valence-electron chi connectivity index (χ3n) is 4.55. The van der Waals surface area contributed by atoms with Crippen LogP contribution in [0.3, 0.4) is 0 Å². The molecule has 2 aromatic rings. The number of carbonyl (C=O) groups excluding carboxylic acids is 1. The number of aryl methyl sites for hydroxylation is 1. The van der Waals surface area contributed by atoms with Crippen LogP contribution in [0.2, 0.25) is 0 Å². The van der Waals surface area contributed by atoms with Crippen molar-refractivity contribution in [3.63, 3.8) is 0 Å². The van der Waals surface area contributed by atoms with E-state index in [9.17, 15) is 4.79 Å². The average Bonchev–Trinajstić information content (AvgIpc) is 3.05. The van der Waals surface area contributed by atoms with Crippen molar-refractivity contribution >= 4 is 11.5 Å². The van der Waals surface area contributed by atoms with Crippen LogP contribution >= 0.6 is 0 Å². The second kappa shape index (κ2) is 6.36. The molecule has 1 fully saturated rings. The number of rotatable bonds is 4. The number of hydrogen-bond acceptors (Lipinski definition) is 3. The smallest absolute Gasteiger partial charge is 0.192 e. The van der Waals surface area contributed by atoms with E-state index in [1.165, 1.54) is 16.8 Å². The SMILES string of the molecule is Cc1cccc(N2CCN(CC(=O)c3ccc[nH]3)CC2)c1C. The third-order valence-corrected chi connectivity index (χ3v) is 4.55. The number of benzene rings is 1. The molecule has 1 N–H and O–H groups in total. The number of Topliss-reactive ketones (excluding diaryl/α,β-unsaturated/α-hetero) is 1. The zero-order chi connectivity index (χ0) is 15.5. The Morgan fingerprint density at radius 1 is 1.09 bits per heavy atom. The van der Waals surface area contributed by atoms with E-state index in [0.29, 0.717) is 12.2 Å². The number of carbonyl (C=O) groups is 1. The van der Waals surface area contributed by atoms with Gasteiger partial charge in [0.15, 0.2) is 5.78 Å². The number of anilines is 1. The lowest BCUT2D eigenvalue weighted by Crippen LogP contribution is -2.48. The molecule has 0 amide bonds. The van der Waals surface area contributed by atoms with Crippen LogP contribution in [-0.4, -0.2) is 48.4 Å².